The number of amides is 1. The zero-order valence-electron chi connectivity index (χ0n) is 14.3. The predicted octanol–water partition coefficient (Wildman–Crippen LogP) is 2.16. The van der Waals surface area contributed by atoms with Gasteiger partial charge in [0.1, 0.15) is 6.61 Å². The Morgan fingerprint density at radius 1 is 1.25 bits per heavy atom. The number of benzene rings is 1. The van der Waals surface area contributed by atoms with Crippen LogP contribution in [-0.2, 0) is 16.1 Å². The normalized spacial score (nSPS) is 25.5. The Balaban J connectivity index is 1.60. The van der Waals surface area contributed by atoms with E-state index >= 15 is 0 Å². The third-order valence-electron chi connectivity index (χ3n) is 5.19. The summed E-state index contributed by atoms with van der Waals surface area (Å²) in [6.07, 6.45) is 3.07. The van der Waals surface area contributed by atoms with Gasteiger partial charge in [-0.2, -0.15) is 5.26 Å². The molecule has 0 radical (unpaired) electrons. The summed E-state index contributed by atoms with van der Waals surface area (Å²) < 4.78 is 6.01. The molecule has 1 aromatic carbocycles. The van der Waals surface area contributed by atoms with E-state index in [1.807, 2.05) is 36.1 Å². The van der Waals surface area contributed by atoms with Crippen molar-refractivity contribution in [1.82, 2.24) is 9.80 Å². The fourth-order valence-electron chi connectivity index (χ4n) is 3.70. The Hall–Kier alpha value is -1.90. The predicted molar refractivity (Wildman–Crippen MR) is 91.2 cm³/mol. The smallest absolute Gasteiger partial charge is 0.248 e. The molecule has 0 unspecified atom stereocenters. The maximum atomic E-state index is 11.9. The number of ether oxygens (including phenoxy) is 1. The lowest BCUT2D eigenvalue weighted by atomic mass is 9.92. The first-order chi connectivity index (χ1) is 11.6. The molecule has 128 valence electrons. The van der Waals surface area contributed by atoms with Crippen molar-refractivity contribution in [1.29, 1.82) is 5.26 Å². The second-order valence-corrected chi connectivity index (χ2v) is 6.82. The van der Waals surface area contributed by atoms with Gasteiger partial charge in [0, 0.05) is 26.2 Å². The van der Waals surface area contributed by atoms with Crippen LogP contribution in [0.15, 0.2) is 24.3 Å². The van der Waals surface area contributed by atoms with E-state index in [0.717, 1.165) is 52.0 Å². The molecular weight excluding hydrogens is 302 g/mol. The molecule has 2 saturated heterocycles. The summed E-state index contributed by atoms with van der Waals surface area (Å²) >= 11 is 0. The van der Waals surface area contributed by atoms with E-state index in [4.69, 9.17) is 10.00 Å². The van der Waals surface area contributed by atoms with Gasteiger partial charge in [0.2, 0.25) is 5.91 Å². The summed E-state index contributed by atoms with van der Waals surface area (Å²) in [7, 11) is 0. The second-order valence-electron chi connectivity index (χ2n) is 6.82. The lowest BCUT2D eigenvalue weighted by Gasteiger charge is -2.42. The van der Waals surface area contributed by atoms with Crippen LogP contribution in [-0.4, -0.2) is 54.1 Å². The number of hydrogen-bond donors (Lipinski definition) is 0. The lowest BCUT2D eigenvalue weighted by Crippen LogP contribution is -2.54. The first kappa shape index (κ1) is 16.9. The third-order valence-corrected chi connectivity index (χ3v) is 5.19. The molecule has 3 rings (SSSR count). The molecule has 0 bridgehead atoms. The molecule has 2 heterocycles. The molecular formula is C19H25N3O2. The Labute approximate surface area is 143 Å². The van der Waals surface area contributed by atoms with Gasteiger partial charge < -0.3 is 9.64 Å². The van der Waals surface area contributed by atoms with E-state index in [9.17, 15) is 4.79 Å². The summed E-state index contributed by atoms with van der Waals surface area (Å²) in [5.41, 5.74) is 1.77. The van der Waals surface area contributed by atoms with Crippen molar-refractivity contribution < 1.29 is 9.53 Å². The molecule has 0 aliphatic carbocycles. The number of hydrogen-bond acceptors (Lipinski definition) is 4. The summed E-state index contributed by atoms with van der Waals surface area (Å²) in [6, 6.07) is 9.99. The molecule has 1 spiro atoms. The molecule has 2 aliphatic rings. The average molecular weight is 327 g/mol. The highest BCUT2D eigenvalue weighted by atomic mass is 16.5. The van der Waals surface area contributed by atoms with Crippen molar-refractivity contribution in [2.24, 2.45) is 0 Å². The van der Waals surface area contributed by atoms with Crippen molar-refractivity contribution in [3.63, 3.8) is 0 Å². The zero-order valence-corrected chi connectivity index (χ0v) is 14.3. The monoisotopic (exact) mass is 327 g/mol. The topological polar surface area (TPSA) is 56.6 Å². The molecule has 0 aromatic heterocycles. The first-order valence-corrected chi connectivity index (χ1v) is 8.77. The molecule has 2 aliphatic heterocycles. The molecule has 24 heavy (non-hydrogen) atoms. The summed E-state index contributed by atoms with van der Waals surface area (Å²) in [6.45, 7) is 6.68. The molecule has 0 N–H and O–H groups in total. The first-order valence-electron chi connectivity index (χ1n) is 8.77. The van der Waals surface area contributed by atoms with Crippen LogP contribution in [0.5, 0.6) is 0 Å². The van der Waals surface area contributed by atoms with Gasteiger partial charge in [-0.05, 0) is 50.4 Å². The summed E-state index contributed by atoms with van der Waals surface area (Å²) in [5.74, 6) is 0.113. The highest BCUT2D eigenvalue weighted by molar-refractivity contribution is 5.78. The zero-order chi connectivity index (χ0) is 17.0. The number of nitrogens with zero attached hydrogens (tertiary/aromatic N) is 3. The van der Waals surface area contributed by atoms with E-state index in [1.54, 1.807) is 0 Å². The van der Waals surface area contributed by atoms with Crippen LogP contribution < -0.4 is 0 Å². The molecule has 1 amide bonds. The molecule has 5 heteroatoms. The van der Waals surface area contributed by atoms with E-state index in [1.165, 1.54) is 5.56 Å². The highest BCUT2D eigenvalue weighted by Crippen LogP contribution is 2.31. The minimum absolute atomic E-state index is 0.113. The Morgan fingerprint density at radius 3 is 2.75 bits per heavy atom. The minimum Gasteiger partial charge on any atom is -0.363 e. The number of carbonyl (C=O) groups excluding carboxylic acids is 1. The van der Waals surface area contributed by atoms with Crippen molar-refractivity contribution in [2.45, 2.75) is 38.3 Å². The SMILES string of the molecule is CCN1C[C@]2(CCCN(Cc3ccc(C#N)cc3)CC2)OCC1=O. The Kier molecular flexibility index (Phi) is 5.17. The number of morpholine rings is 1. The maximum Gasteiger partial charge on any atom is 0.248 e. The van der Waals surface area contributed by atoms with Gasteiger partial charge in [0.25, 0.3) is 0 Å². The lowest BCUT2D eigenvalue weighted by molar-refractivity contribution is -0.165. The van der Waals surface area contributed by atoms with Crippen LogP contribution in [0.25, 0.3) is 0 Å². The van der Waals surface area contributed by atoms with Gasteiger partial charge in [0.05, 0.1) is 17.2 Å². The number of likely N-dealkylation sites (tertiary alicyclic amines) is 1. The molecule has 0 saturated carbocycles. The van der Waals surface area contributed by atoms with Gasteiger partial charge in [-0.15, -0.1) is 0 Å². The van der Waals surface area contributed by atoms with Crippen molar-refractivity contribution >= 4 is 5.91 Å². The molecule has 1 aromatic rings. The van der Waals surface area contributed by atoms with E-state index < -0.39 is 0 Å². The van der Waals surface area contributed by atoms with Crippen molar-refractivity contribution in [3.05, 3.63) is 35.4 Å². The van der Waals surface area contributed by atoms with Crippen molar-refractivity contribution in [3.8, 4) is 6.07 Å². The van der Waals surface area contributed by atoms with Crippen molar-refractivity contribution in [2.75, 3.05) is 32.8 Å². The third kappa shape index (κ3) is 3.77. The van der Waals surface area contributed by atoms with Gasteiger partial charge in [-0.3, -0.25) is 9.69 Å². The molecule has 2 fully saturated rings. The second kappa shape index (κ2) is 7.33. The highest BCUT2D eigenvalue weighted by Gasteiger charge is 2.40. The Bertz CT molecular complexity index is 622. The standard InChI is InChI=1S/C19H25N3O2/c1-2-22-15-19(24-14-18(22)23)8-3-10-21(11-9-19)13-17-6-4-16(12-20)5-7-17/h4-7H,2-3,8-11,13-15H2,1H3/t19-/m1/s1. The number of likely N-dealkylation sites (N-methyl/N-ethyl adjacent to an activating group) is 1. The van der Waals surface area contributed by atoms with E-state index in [2.05, 4.69) is 11.0 Å². The quantitative estimate of drug-likeness (QED) is 0.854. The van der Waals surface area contributed by atoms with E-state index in [0.29, 0.717) is 5.56 Å². The number of carbonyl (C=O) groups is 1. The van der Waals surface area contributed by atoms with Gasteiger partial charge in [0.15, 0.2) is 0 Å². The average Bonchev–Trinajstić information content (AvgIpc) is 2.81. The van der Waals surface area contributed by atoms with Crippen LogP contribution in [0, 0.1) is 11.3 Å². The number of rotatable bonds is 3. The van der Waals surface area contributed by atoms with Crippen LogP contribution in [0.3, 0.4) is 0 Å². The van der Waals surface area contributed by atoms with Gasteiger partial charge in [-0.25, -0.2) is 0 Å². The van der Waals surface area contributed by atoms with Gasteiger partial charge in [-0.1, -0.05) is 12.1 Å². The largest absolute Gasteiger partial charge is 0.363 e. The summed E-state index contributed by atoms with van der Waals surface area (Å²) in [4.78, 5) is 16.2. The fraction of sp³-hybridized carbons (Fsp3) is 0.579. The summed E-state index contributed by atoms with van der Waals surface area (Å²) in [5, 5.41) is 8.89. The fourth-order valence-corrected chi connectivity index (χ4v) is 3.70. The molecule has 1 atom stereocenters. The van der Waals surface area contributed by atoms with Crippen LogP contribution in [0.2, 0.25) is 0 Å². The minimum atomic E-state index is -0.163. The Morgan fingerprint density at radius 2 is 2.04 bits per heavy atom. The van der Waals surface area contributed by atoms with Crippen LogP contribution in [0.4, 0.5) is 0 Å². The van der Waals surface area contributed by atoms with E-state index in [-0.39, 0.29) is 18.1 Å². The molecule has 5 nitrogen and oxygen atoms in total. The number of nitriles is 1. The van der Waals surface area contributed by atoms with Crippen LogP contribution in [0.1, 0.15) is 37.3 Å². The maximum absolute atomic E-state index is 11.9. The van der Waals surface area contributed by atoms with Crippen LogP contribution >= 0.6 is 0 Å². The van der Waals surface area contributed by atoms with Gasteiger partial charge >= 0.3 is 0 Å².